The van der Waals surface area contributed by atoms with E-state index in [1.54, 1.807) is 22.6 Å². The van der Waals surface area contributed by atoms with Gasteiger partial charge in [-0.25, -0.2) is 4.68 Å². The van der Waals surface area contributed by atoms with E-state index in [2.05, 4.69) is 10.3 Å². The molecule has 0 radical (unpaired) electrons. The largest absolute Gasteiger partial charge is 0.387 e. The van der Waals surface area contributed by atoms with Gasteiger partial charge in [-0.15, -0.1) is 16.9 Å². The minimum Gasteiger partial charge on any atom is -0.387 e. The molecule has 0 aliphatic carbocycles. The number of rotatable bonds is 4. The van der Waals surface area contributed by atoms with Gasteiger partial charge >= 0.3 is 0 Å². The molecular formula is C12H15N3OS. The number of benzene rings is 1. The minimum atomic E-state index is -0.537. The van der Waals surface area contributed by atoms with Crippen LogP contribution in [-0.2, 0) is 0 Å². The molecule has 90 valence electrons. The van der Waals surface area contributed by atoms with Crippen molar-refractivity contribution in [2.75, 3.05) is 6.26 Å². The number of aromatic nitrogens is 3. The van der Waals surface area contributed by atoms with E-state index in [-0.39, 0.29) is 0 Å². The summed E-state index contributed by atoms with van der Waals surface area (Å²) in [6, 6.07) is 7.99. The van der Waals surface area contributed by atoms with E-state index >= 15 is 0 Å². The number of aliphatic hydroxyl groups is 1. The van der Waals surface area contributed by atoms with Crippen LogP contribution in [0.25, 0.3) is 5.69 Å². The molecule has 1 atom stereocenters. The van der Waals surface area contributed by atoms with E-state index < -0.39 is 6.10 Å². The molecule has 2 rings (SSSR count). The Bertz CT molecular complexity index is 498. The molecule has 0 saturated carbocycles. The summed E-state index contributed by atoms with van der Waals surface area (Å²) >= 11 is 1.66. The first-order valence-electron chi connectivity index (χ1n) is 5.50. The van der Waals surface area contributed by atoms with E-state index in [9.17, 15) is 5.11 Å². The molecule has 2 aromatic rings. The molecule has 1 heterocycles. The molecule has 5 heteroatoms. The number of hydrogen-bond donors (Lipinski definition) is 1. The predicted molar refractivity (Wildman–Crippen MR) is 68.4 cm³/mol. The van der Waals surface area contributed by atoms with Gasteiger partial charge < -0.3 is 5.11 Å². The molecular weight excluding hydrogens is 234 g/mol. The van der Waals surface area contributed by atoms with Crippen molar-refractivity contribution < 1.29 is 5.11 Å². The SMILES string of the molecule is CCC(O)c1cn(-c2ccccc2SC)nn1. The maximum Gasteiger partial charge on any atom is 0.112 e. The number of para-hydroxylation sites is 1. The van der Waals surface area contributed by atoms with Crippen molar-refractivity contribution in [3.8, 4) is 5.69 Å². The normalized spacial score (nSPS) is 12.6. The first kappa shape index (κ1) is 12.1. The molecule has 1 aromatic carbocycles. The van der Waals surface area contributed by atoms with Crippen LogP contribution in [0.5, 0.6) is 0 Å². The van der Waals surface area contributed by atoms with Crippen LogP contribution in [0, 0.1) is 0 Å². The maximum absolute atomic E-state index is 9.69. The third kappa shape index (κ3) is 2.50. The van der Waals surface area contributed by atoms with Crippen LogP contribution in [0.1, 0.15) is 25.1 Å². The third-order valence-corrected chi connectivity index (χ3v) is 3.36. The lowest BCUT2D eigenvalue weighted by Crippen LogP contribution is -1.97. The molecule has 0 saturated heterocycles. The summed E-state index contributed by atoms with van der Waals surface area (Å²) in [6.45, 7) is 1.92. The molecule has 0 aliphatic heterocycles. The smallest absolute Gasteiger partial charge is 0.112 e. The highest BCUT2D eigenvalue weighted by molar-refractivity contribution is 7.98. The van der Waals surface area contributed by atoms with Crippen LogP contribution in [0.3, 0.4) is 0 Å². The lowest BCUT2D eigenvalue weighted by atomic mass is 10.2. The molecule has 0 spiro atoms. The van der Waals surface area contributed by atoms with Crippen molar-refractivity contribution in [3.63, 3.8) is 0 Å². The Labute approximate surface area is 105 Å². The van der Waals surface area contributed by atoms with Crippen molar-refractivity contribution in [2.24, 2.45) is 0 Å². The molecule has 0 amide bonds. The van der Waals surface area contributed by atoms with Gasteiger partial charge in [0.15, 0.2) is 0 Å². The lowest BCUT2D eigenvalue weighted by Gasteiger charge is -2.05. The molecule has 1 N–H and O–H groups in total. The predicted octanol–water partition coefficient (Wildman–Crippen LogP) is 2.43. The Balaban J connectivity index is 2.37. The van der Waals surface area contributed by atoms with Crippen LogP contribution < -0.4 is 0 Å². The van der Waals surface area contributed by atoms with E-state index in [0.717, 1.165) is 10.6 Å². The molecule has 0 bridgehead atoms. The Kier molecular flexibility index (Phi) is 3.81. The molecule has 17 heavy (non-hydrogen) atoms. The van der Waals surface area contributed by atoms with Gasteiger partial charge in [-0.3, -0.25) is 0 Å². The van der Waals surface area contributed by atoms with Gasteiger partial charge in [0, 0.05) is 4.90 Å². The van der Waals surface area contributed by atoms with Crippen LogP contribution in [0.2, 0.25) is 0 Å². The molecule has 1 unspecified atom stereocenters. The van der Waals surface area contributed by atoms with Crippen molar-refractivity contribution in [2.45, 2.75) is 24.3 Å². The lowest BCUT2D eigenvalue weighted by molar-refractivity contribution is 0.169. The van der Waals surface area contributed by atoms with Crippen LogP contribution in [-0.4, -0.2) is 26.4 Å². The summed E-state index contributed by atoms with van der Waals surface area (Å²) in [5.74, 6) is 0. The highest BCUT2D eigenvalue weighted by Crippen LogP contribution is 2.23. The third-order valence-electron chi connectivity index (χ3n) is 2.57. The van der Waals surface area contributed by atoms with Crippen molar-refractivity contribution in [3.05, 3.63) is 36.2 Å². The number of hydrogen-bond acceptors (Lipinski definition) is 4. The van der Waals surface area contributed by atoms with E-state index in [0.29, 0.717) is 12.1 Å². The fourth-order valence-corrected chi connectivity index (χ4v) is 2.16. The maximum atomic E-state index is 9.69. The monoisotopic (exact) mass is 249 g/mol. The van der Waals surface area contributed by atoms with Gasteiger partial charge in [-0.2, -0.15) is 0 Å². The Morgan fingerprint density at radius 2 is 2.18 bits per heavy atom. The highest BCUT2D eigenvalue weighted by Gasteiger charge is 2.11. The second kappa shape index (κ2) is 5.33. The summed E-state index contributed by atoms with van der Waals surface area (Å²) in [4.78, 5) is 1.13. The summed E-state index contributed by atoms with van der Waals surface area (Å²) in [6.07, 6.45) is 3.91. The van der Waals surface area contributed by atoms with E-state index in [1.807, 2.05) is 37.4 Å². The summed E-state index contributed by atoms with van der Waals surface area (Å²) in [5.41, 5.74) is 1.60. The second-order valence-electron chi connectivity index (χ2n) is 3.68. The van der Waals surface area contributed by atoms with Crippen molar-refractivity contribution >= 4 is 11.8 Å². The van der Waals surface area contributed by atoms with Crippen LogP contribution >= 0.6 is 11.8 Å². The quantitative estimate of drug-likeness (QED) is 0.846. The first-order valence-corrected chi connectivity index (χ1v) is 6.72. The molecule has 0 fully saturated rings. The highest BCUT2D eigenvalue weighted by atomic mass is 32.2. The standard InChI is InChI=1S/C12H15N3OS/c1-3-11(16)9-8-15(14-13-9)10-6-4-5-7-12(10)17-2/h4-8,11,16H,3H2,1-2H3. The average Bonchev–Trinajstić information content (AvgIpc) is 2.87. The topological polar surface area (TPSA) is 50.9 Å². The Hall–Kier alpha value is -1.33. The zero-order chi connectivity index (χ0) is 12.3. The van der Waals surface area contributed by atoms with Crippen molar-refractivity contribution in [1.29, 1.82) is 0 Å². The summed E-state index contributed by atoms with van der Waals surface area (Å²) < 4.78 is 1.71. The number of nitrogens with zero attached hydrogens (tertiary/aromatic N) is 3. The second-order valence-corrected chi connectivity index (χ2v) is 4.53. The van der Waals surface area contributed by atoms with Gasteiger partial charge in [0.2, 0.25) is 0 Å². The van der Waals surface area contributed by atoms with Gasteiger partial charge in [-0.05, 0) is 24.8 Å². The zero-order valence-corrected chi connectivity index (χ0v) is 10.7. The Morgan fingerprint density at radius 3 is 2.88 bits per heavy atom. The van der Waals surface area contributed by atoms with Crippen LogP contribution in [0.4, 0.5) is 0 Å². The van der Waals surface area contributed by atoms with Gasteiger partial charge in [0.1, 0.15) is 5.69 Å². The molecule has 0 aliphatic rings. The van der Waals surface area contributed by atoms with Crippen LogP contribution in [0.15, 0.2) is 35.4 Å². The van der Waals surface area contributed by atoms with Gasteiger partial charge in [0.05, 0.1) is 18.0 Å². The number of aliphatic hydroxyl groups excluding tert-OH is 1. The van der Waals surface area contributed by atoms with Gasteiger partial charge in [-0.1, -0.05) is 24.3 Å². The summed E-state index contributed by atoms with van der Waals surface area (Å²) in [7, 11) is 0. The first-order chi connectivity index (χ1) is 8.26. The minimum absolute atomic E-state index is 0.537. The van der Waals surface area contributed by atoms with Gasteiger partial charge in [0.25, 0.3) is 0 Å². The number of thioether (sulfide) groups is 1. The fourth-order valence-electron chi connectivity index (χ4n) is 1.58. The average molecular weight is 249 g/mol. The van der Waals surface area contributed by atoms with E-state index in [4.69, 9.17) is 0 Å². The summed E-state index contributed by atoms with van der Waals surface area (Å²) in [5, 5.41) is 17.7. The van der Waals surface area contributed by atoms with Crippen molar-refractivity contribution in [1.82, 2.24) is 15.0 Å². The fraction of sp³-hybridized carbons (Fsp3) is 0.333. The Morgan fingerprint density at radius 1 is 1.41 bits per heavy atom. The molecule has 4 nitrogen and oxygen atoms in total. The van der Waals surface area contributed by atoms with E-state index in [1.165, 1.54) is 0 Å². The molecule has 1 aromatic heterocycles. The zero-order valence-electron chi connectivity index (χ0n) is 9.87.